The zero-order valence-electron chi connectivity index (χ0n) is 12.9. The Morgan fingerprint density at radius 1 is 1.21 bits per heavy atom. The van der Waals surface area contributed by atoms with Gasteiger partial charge in [-0.25, -0.2) is 4.79 Å². The van der Waals surface area contributed by atoms with Gasteiger partial charge in [0.15, 0.2) is 0 Å². The van der Waals surface area contributed by atoms with Crippen LogP contribution in [0.15, 0.2) is 48.8 Å². The number of benzene rings is 1. The number of hydrogen-bond acceptors (Lipinski definition) is 4. The molecule has 0 spiro atoms. The van der Waals surface area contributed by atoms with Gasteiger partial charge in [-0.1, -0.05) is 0 Å². The molecule has 1 N–H and O–H groups in total. The van der Waals surface area contributed by atoms with E-state index in [1.54, 1.807) is 47.6 Å². The molecule has 1 amide bonds. The average molecular weight is 321 g/mol. The number of hydrogen-bond donors (Lipinski definition) is 1. The molecule has 0 bridgehead atoms. The van der Waals surface area contributed by atoms with Gasteiger partial charge in [0.1, 0.15) is 16.8 Å². The highest BCUT2D eigenvalue weighted by atomic mass is 16.5. The summed E-state index contributed by atoms with van der Waals surface area (Å²) in [5.41, 5.74) is 2.59. The molecule has 6 nitrogen and oxygen atoms in total. The third kappa shape index (κ3) is 2.52. The summed E-state index contributed by atoms with van der Waals surface area (Å²) in [6, 6.07) is 10.6. The van der Waals surface area contributed by atoms with Crippen LogP contribution in [0, 0.1) is 0 Å². The quantitative estimate of drug-likeness (QED) is 0.594. The van der Waals surface area contributed by atoms with Gasteiger partial charge in [-0.15, -0.1) is 0 Å². The van der Waals surface area contributed by atoms with Crippen molar-refractivity contribution in [3.05, 3.63) is 54.4 Å². The summed E-state index contributed by atoms with van der Waals surface area (Å²) in [6.45, 7) is 0.735. The smallest absolute Gasteiger partial charge is 0.347 e. The van der Waals surface area contributed by atoms with Crippen LogP contribution in [0.5, 0.6) is 5.75 Å². The van der Waals surface area contributed by atoms with Crippen LogP contribution in [-0.4, -0.2) is 28.4 Å². The highest BCUT2D eigenvalue weighted by molar-refractivity contribution is 6.03. The van der Waals surface area contributed by atoms with E-state index >= 15 is 0 Å². The minimum atomic E-state index is -0.468. The molecule has 1 fully saturated rings. The first-order valence-corrected chi connectivity index (χ1v) is 7.77. The number of H-pyrrole nitrogens is 1. The van der Waals surface area contributed by atoms with Gasteiger partial charge in [0, 0.05) is 31.0 Å². The number of carbonyl (C=O) groups excluding carboxylic acids is 2. The van der Waals surface area contributed by atoms with Crippen molar-refractivity contribution in [2.45, 2.75) is 12.8 Å². The number of aromatic nitrogens is 2. The molecule has 6 heteroatoms. The summed E-state index contributed by atoms with van der Waals surface area (Å²) in [5, 5.41) is 0. The molecule has 0 saturated carbocycles. The molecule has 1 aromatic carbocycles. The highest BCUT2D eigenvalue weighted by Crippen LogP contribution is 2.25. The van der Waals surface area contributed by atoms with E-state index in [0.717, 1.165) is 24.2 Å². The number of pyridine rings is 1. The Bertz CT molecular complexity index is 915. The second-order valence-corrected chi connectivity index (χ2v) is 5.63. The molecule has 3 aromatic rings. The van der Waals surface area contributed by atoms with Crippen molar-refractivity contribution >= 4 is 28.6 Å². The summed E-state index contributed by atoms with van der Waals surface area (Å²) in [7, 11) is 0. The van der Waals surface area contributed by atoms with Gasteiger partial charge < -0.3 is 14.6 Å². The predicted octanol–water partition coefficient (Wildman–Crippen LogP) is 2.91. The van der Waals surface area contributed by atoms with E-state index in [-0.39, 0.29) is 5.91 Å². The third-order valence-electron chi connectivity index (χ3n) is 4.09. The average Bonchev–Trinajstić information content (AvgIpc) is 3.22. The van der Waals surface area contributed by atoms with Gasteiger partial charge in [0.25, 0.3) is 0 Å². The Hall–Kier alpha value is -3.15. The van der Waals surface area contributed by atoms with Gasteiger partial charge >= 0.3 is 5.97 Å². The first-order valence-electron chi connectivity index (χ1n) is 7.77. The van der Waals surface area contributed by atoms with Crippen LogP contribution in [-0.2, 0) is 4.79 Å². The van der Waals surface area contributed by atoms with E-state index in [0.29, 0.717) is 23.3 Å². The Labute approximate surface area is 138 Å². The van der Waals surface area contributed by atoms with Crippen LogP contribution in [0.2, 0.25) is 0 Å². The lowest BCUT2D eigenvalue weighted by molar-refractivity contribution is -0.117. The number of ether oxygens (including phenoxy) is 1. The largest absolute Gasteiger partial charge is 0.423 e. The molecule has 1 aliphatic heterocycles. The predicted molar refractivity (Wildman–Crippen MR) is 89.1 cm³/mol. The van der Waals surface area contributed by atoms with Crippen molar-refractivity contribution < 1.29 is 14.3 Å². The van der Waals surface area contributed by atoms with E-state index in [1.807, 2.05) is 6.07 Å². The van der Waals surface area contributed by atoms with E-state index in [2.05, 4.69) is 9.97 Å². The zero-order valence-corrected chi connectivity index (χ0v) is 12.9. The van der Waals surface area contributed by atoms with Crippen LogP contribution < -0.4 is 9.64 Å². The fourth-order valence-corrected chi connectivity index (χ4v) is 2.89. The number of carbonyl (C=O) groups is 2. The maximum atomic E-state index is 12.3. The fraction of sp³-hybridized carbons (Fsp3) is 0.167. The summed E-state index contributed by atoms with van der Waals surface area (Å²) in [4.78, 5) is 33.0. The molecule has 0 aliphatic carbocycles. The Morgan fingerprint density at radius 2 is 2.04 bits per heavy atom. The van der Waals surface area contributed by atoms with E-state index in [1.165, 1.54) is 0 Å². The highest BCUT2D eigenvalue weighted by Gasteiger charge is 2.21. The lowest BCUT2D eigenvalue weighted by Gasteiger charge is -2.15. The minimum Gasteiger partial charge on any atom is -0.423 e. The first-order chi connectivity index (χ1) is 11.7. The molecule has 24 heavy (non-hydrogen) atoms. The lowest BCUT2D eigenvalue weighted by Crippen LogP contribution is -2.23. The molecule has 3 heterocycles. The number of nitrogens with one attached hydrogen (secondary N) is 1. The summed E-state index contributed by atoms with van der Waals surface area (Å²) in [5.74, 6) is 0.0928. The second-order valence-electron chi connectivity index (χ2n) is 5.63. The first kappa shape index (κ1) is 14.4. The maximum absolute atomic E-state index is 12.3. The molecular formula is C18H15N3O3. The number of anilines is 1. The normalized spacial score (nSPS) is 14.3. The van der Waals surface area contributed by atoms with Crippen LogP contribution in [0.25, 0.3) is 11.0 Å². The monoisotopic (exact) mass is 321 g/mol. The maximum Gasteiger partial charge on any atom is 0.347 e. The number of rotatable bonds is 3. The topological polar surface area (TPSA) is 75.3 Å². The molecule has 120 valence electrons. The molecule has 0 radical (unpaired) electrons. The zero-order chi connectivity index (χ0) is 16.5. The Morgan fingerprint density at radius 3 is 2.79 bits per heavy atom. The molecule has 4 rings (SSSR count). The Kier molecular flexibility index (Phi) is 3.49. The third-order valence-corrected chi connectivity index (χ3v) is 4.09. The molecular weight excluding hydrogens is 306 g/mol. The van der Waals surface area contributed by atoms with Gasteiger partial charge in [-0.3, -0.25) is 9.78 Å². The lowest BCUT2D eigenvalue weighted by atomic mass is 10.2. The number of fused-ring (bicyclic) bond motifs is 1. The number of esters is 1. The minimum absolute atomic E-state index is 0.129. The van der Waals surface area contributed by atoms with Crippen molar-refractivity contribution in [3.8, 4) is 5.75 Å². The number of nitrogens with zero attached hydrogens (tertiary/aromatic N) is 2. The molecule has 1 aliphatic rings. The van der Waals surface area contributed by atoms with Crippen molar-refractivity contribution in [3.63, 3.8) is 0 Å². The molecule has 2 aromatic heterocycles. The van der Waals surface area contributed by atoms with Gasteiger partial charge in [-0.2, -0.15) is 0 Å². The molecule has 0 unspecified atom stereocenters. The van der Waals surface area contributed by atoms with Gasteiger partial charge in [-0.05, 0) is 42.8 Å². The van der Waals surface area contributed by atoms with E-state index in [9.17, 15) is 9.59 Å². The Balaban J connectivity index is 1.52. The van der Waals surface area contributed by atoms with E-state index in [4.69, 9.17) is 4.74 Å². The summed E-state index contributed by atoms with van der Waals surface area (Å²) >= 11 is 0. The number of amides is 1. The summed E-state index contributed by atoms with van der Waals surface area (Å²) < 4.78 is 5.41. The van der Waals surface area contributed by atoms with Crippen LogP contribution in [0.3, 0.4) is 0 Å². The fourth-order valence-electron chi connectivity index (χ4n) is 2.89. The van der Waals surface area contributed by atoms with Gasteiger partial charge in [0.05, 0.1) is 5.52 Å². The SMILES string of the molecule is O=C(Oc1ccc(N2CCCC2=O)cc1)c1c[nH]c2cccnc12. The van der Waals surface area contributed by atoms with Crippen molar-refractivity contribution in [1.29, 1.82) is 0 Å². The standard InChI is InChI=1S/C18H15N3O3/c22-16-4-2-10-21(16)12-5-7-13(8-6-12)24-18(23)14-11-20-15-3-1-9-19-17(14)15/h1,3,5-9,11,20H,2,4,10H2. The van der Waals surface area contributed by atoms with Crippen molar-refractivity contribution in [2.75, 3.05) is 11.4 Å². The summed E-state index contributed by atoms with van der Waals surface area (Å²) in [6.07, 6.45) is 4.69. The molecule has 0 atom stereocenters. The number of aromatic amines is 1. The van der Waals surface area contributed by atoms with Crippen molar-refractivity contribution in [2.24, 2.45) is 0 Å². The second kappa shape index (κ2) is 5.81. The van der Waals surface area contributed by atoms with Crippen LogP contribution in [0.1, 0.15) is 23.2 Å². The van der Waals surface area contributed by atoms with Crippen LogP contribution >= 0.6 is 0 Å². The van der Waals surface area contributed by atoms with Crippen LogP contribution in [0.4, 0.5) is 5.69 Å². The van der Waals surface area contributed by atoms with Crippen molar-refractivity contribution in [1.82, 2.24) is 9.97 Å². The van der Waals surface area contributed by atoms with E-state index < -0.39 is 5.97 Å². The van der Waals surface area contributed by atoms with Gasteiger partial charge in [0.2, 0.25) is 5.91 Å². The molecule has 1 saturated heterocycles.